The molecule has 2 nitrogen and oxygen atoms in total. The molecule has 0 saturated carbocycles. The number of benzene rings is 2. The van der Waals surface area contributed by atoms with Gasteiger partial charge in [0.05, 0.1) is 18.6 Å². The van der Waals surface area contributed by atoms with Crippen molar-refractivity contribution in [2.24, 2.45) is 0 Å². The molecule has 2 aromatic rings. The van der Waals surface area contributed by atoms with Crippen molar-refractivity contribution < 1.29 is 9.47 Å². The molecule has 3 rings (SSSR count). The Hall–Kier alpha value is 0.370. The van der Waals surface area contributed by atoms with Gasteiger partial charge >= 0.3 is 0 Å². The standard InChI is InChI=1S/C12H3Cl3I2O2/c13-4-1-7-8(2-5(4)14)19-12-9(18-7)3-6(15)10(16)11(12)17/h1-3H. The van der Waals surface area contributed by atoms with E-state index in [2.05, 4.69) is 45.2 Å². The molecule has 0 atom stereocenters. The van der Waals surface area contributed by atoms with Crippen LogP contribution in [0.15, 0.2) is 18.2 Å². The van der Waals surface area contributed by atoms with Crippen molar-refractivity contribution >= 4 is 80.0 Å². The fourth-order valence-corrected chi connectivity index (χ4v) is 3.35. The number of fused-ring (bicyclic) bond motifs is 2. The molecule has 0 amide bonds. The zero-order valence-corrected chi connectivity index (χ0v) is 15.5. The van der Waals surface area contributed by atoms with Crippen LogP contribution in [0.2, 0.25) is 15.1 Å². The van der Waals surface area contributed by atoms with E-state index < -0.39 is 0 Å². The third-order valence-electron chi connectivity index (χ3n) is 2.50. The molecular formula is C12H3Cl3I2O2. The molecule has 1 heterocycles. The Morgan fingerprint density at radius 2 is 1.21 bits per heavy atom. The van der Waals surface area contributed by atoms with Crippen LogP contribution >= 0.6 is 80.0 Å². The first-order valence-electron chi connectivity index (χ1n) is 4.99. The van der Waals surface area contributed by atoms with Crippen molar-refractivity contribution in [3.63, 3.8) is 0 Å². The topological polar surface area (TPSA) is 18.5 Å². The summed E-state index contributed by atoms with van der Waals surface area (Å²) >= 11 is 22.4. The highest BCUT2D eigenvalue weighted by molar-refractivity contribution is 14.1. The Morgan fingerprint density at radius 1 is 0.684 bits per heavy atom. The van der Waals surface area contributed by atoms with Crippen molar-refractivity contribution in [2.45, 2.75) is 0 Å². The van der Waals surface area contributed by atoms with Crippen LogP contribution in [0.1, 0.15) is 0 Å². The van der Waals surface area contributed by atoms with Crippen LogP contribution in [0.3, 0.4) is 0 Å². The van der Waals surface area contributed by atoms with Gasteiger partial charge in [-0.15, -0.1) is 0 Å². The van der Waals surface area contributed by atoms with E-state index in [0.717, 1.165) is 7.14 Å². The minimum Gasteiger partial charge on any atom is -0.449 e. The molecule has 0 aliphatic carbocycles. The molecule has 0 N–H and O–H groups in total. The van der Waals surface area contributed by atoms with Gasteiger partial charge in [-0.25, -0.2) is 0 Å². The molecule has 0 radical (unpaired) electrons. The molecule has 0 bridgehead atoms. The number of halogens is 5. The predicted molar refractivity (Wildman–Crippen MR) is 93.5 cm³/mol. The lowest BCUT2D eigenvalue weighted by molar-refractivity contribution is 0.357. The van der Waals surface area contributed by atoms with E-state index in [1.54, 1.807) is 18.2 Å². The molecule has 0 aromatic heterocycles. The van der Waals surface area contributed by atoms with E-state index in [4.69, 9.17) is 44.3 Å². The highest BCUT2D eigenvalue weighted by atomic mass is 127. The summed E-state index contributed by atoms with van der Waals surface area (Å²) < 4.78 is 13.4. The van der Waals surface area contributed by atoms with Gasteiger partial charge in [-0.3, -0.25) is 0 Å². The fraction of sp³-hybridized carbons (Fsp3) is 0. The summed E-state index contributed by atoms with van der Waals surface area (Å²) in [4.78, 5) is 0. The SMILES string of the molecule is Clc1cc2c(cc1Cl)Oc1c(cc(Cl)c(I)c1I)O2. The van der Waals surface area contributed by atoms with Gasteiger partial charge in [0.25, 0.3) is 0 Å². The van der Waals surface area contributed by atoms with E-state index in [1.807, 2.05) is 0 Å². The molecule has 0 unspecified atom stereocenters. The highest BCUT2D eigenvalue weighted by Crippen LogP contribution is 2.51. The first-order valence-corrected chi connectivity index (χ1v) is 8.28. The average Bonchev–Trinajstić information content (AvgIpc) is 2.37. The van der Waals surface area contributed by atoms with Crippen LogP contribution in [-0.4, -0.2) is 0 Å². The summed E-state index contributed by atoms with van der Waals surface area (Å²) in [5.41, 5.74) is 0. The van der Waals surface area contributed by atoms with Crippen LogP contribution in [0, 0.1) is 7.14 Å². The normalized spacial score (nSPS) is 12.3. The Kier molecular flexibility index (Phi) is 3.98. The Balaban J connectivity index is 2.17. The van der Waals surface area contributed by atoms with Crippen LogP contribution in [0.5, 0.6) is 23.0 Å². The number of ether oxygens (including phenoxy) is 2. The second-order valence-electron chi connectivity index (χ2n) is 3.73. The monoisotopic (exact) mass is 538 g/mol. The smallest absolute Gasteiger partial charge is 0.184 e. The molecule has 1 aliphatic rings. The van der Waals surface area contributed by atoms with Gasteiger partial charge < -0.3 is 9.47 Å². The molecule has 98 valence electrons. The lowest BCUT2D eigenvalue weighted by Crippen LogP contribution is -2.02. The van der Waals surface area contributed by atoms with Crippen LogP contribution in [0.4, 0.5) is 0 Å². The maximum atomic E-state index is 6.14. The lowest BCUT2D eigenvalue weighted by atomic mass is 10.2. The summed E-state index contributed by atoms with van der Waals surface area (Å²) in [6, 6.07) is 4.99. The van der Waals surface area contributed by atoms with Gasteiger partial charge in [0.1, 0.15) is 0 Å². The van der Waals surface area contributed by atoms with Gasteiger partial charge in [0, 0.05) is 21.8 Å². The van der Waals surface area contributed by atoms with Gasteiger partial charge in [0.2, 0.25) is 0 Å². The van der Waals surface area contributed by atoms with Gasteiger partial charge in [-0.2, -0.15) is 0 Å². The summed E-state index contributed by atoms with van der Waals surface area (Å²) in [6.07, 6.45) is 0. The van der Waals surface area contributed by atoms with E-state index >= 15 is 0 Å². The number of rotatable bonds is 0. The summed E-state index contributed by atoms with van der Waals surface area (Å²) in [5, 5.41) is 1.46. The van der Waals surface area contributed by atoms with Gasteiger partial charge in [-0.1, -0.05) is 34.8 Å². The minimum atomic E-state index is 0.416. The summed E-state index contributed by atoms with van der Waals surface area (Å²) in [5.74, 6) is 2.27. The third kappa shape index (κ3) is 2.50. The third-order valence-corrected chi connectivity index (χ3v) is 7.02. The van der Waals surface area contributed by atoms with Crippen molar-refractivity contribution in [1.82, 2.24) is 0 Å². The quantitative estimate of drug-likeness (QED) is 0.233. The van der Waals surface area contributed by atoms with Crippen molar-refractivity contribution in [3.05, 3.63) is 40.4 Å². The maximum absolute atomic E-state index is 6.14. The molecule has 1 aliphatic heterocycles. The lowest BCUT2D eigenvalue weighted by Gasteiger charge is -2.23. The Morgan fingerprint density at radius 3 is 1.84 bits per heavy atom. The molecule has 0 spiro atoms. The van der Waals surface area contributed by atoms with E-state index in [9.17, 15) is 0 Å². The second kappa shape index (κ2) is 5.29. The van der Waals surface area contributed by atoms with Crippen LogP contribution < -0.4 is 9.47 Å². The fourth-order valence-electron chi connectivity index (χ4n) is 1.63. The van der Waals surface area contributed by atoms with Crippen LogP contribution in [-0.2, 0) is 0 Å². The molecule has 19 heavy (non-hydrogen) atoms. The summed E-state index contributed by atoms with van der Waals surface area (Å²) in [6.45, 7) is 0. The molecule has 2 aromatic carbocycles. The average molecular weight is 539 g/mol. The Bertz CT molecular complexity index is 704. The second-order valence-corrected chi connectivity index (χ2v) is 7.11. The van der Waals surface area contributed by atoms with E-state index in [1.165, 1.54) is 0 Å². The molecule has 0 saturated heterocycles. The molecule has 0 fully saturated rings. The summed E-state index contributed by atoms with van der Waals surface area (Å²) in [7, 11) is 0. The predicted octanol–water partition coefficient (Wildman–Crippen LogP) is 6.75. The van der Waals surface area contributed by atoms with Crippen LogP contribution in [0.25, 0.3) is 0 Å². The van der Waals surface area contributed by atoms with Gasteiger partial charge in [0.15, 0.2) is 23.0 Å². The minimum absolute atomic E-state index is 0.416. The molecule has 7 heteroatoms. The largest absolute Gasteiger partial charge is 0.449 e. The number of hydrogen-bond acceptors (Lipinski definition) is 2. The van der Waals surface area contributed by atoms with E-state index in [0.29, 0.717) is 38.1 Å². The zero-order chi connectivity index (χ0) is 13.7. The van der Waals surface area contributed by atoms with Crippen molar-refractivity contribution in [2.75, 3.05) is 0 Å². The molecular weight excluding hydrogens is 536 g/mol. The van der Waals surface area contributed by atoms with E-state index in [-0.39, 0.29) is 0 Å². The van der Waals surface area contributed by atoms with Crippen molar-refractivity contribution in [3.8, 4) is 23.0 Å². The van der Waals surface area contributed by atoms with Gasteiger partial charge in [-0.05, 0) is 45.2 Å². The highest BCUT2D eigenvalue weighted by Gasteiger charge is 2.25. The Labute approximate surface area is 151 Å². The zero-order valence-electron chi connectivity index (χ0n) is 8.94. The first-order chi connectivity index (χ1) is 8.97. The number of hydrogen-bond donors (Lipinski definition) is 0. The maximum Gasteiger partial charge on any atom is 0.184 e. The van der Waals surface area contributed by atoms with Crippen molar-refractivity contribution in [1.29, 1.82) is 0 Å². The first kappa shape index (κ1) is 14.3.